The summed E-state index contributed by atoms with van der Waals surface area (Å²) in [6.07, 6.45) is 5.10. The van der Waals surface area contributed by atoms with Gasteiger partial charge >= 0.3 is 0 Å². The summed E-state index contributed by atoms with van der Waals surface area (Å²) in [7, 11) is 3.33. The van der Waals surface area contributed by atoms with Crippen LogP contribution in [0.1, 0.15) is 107 Å². The van der Waals surface area contributed by atoms with Crippen molar-refractivity contribution in [3.63, 3.8) is 0 Å². The largest absolute Gasteiger partial charge is 0.396 e. The Morgan fingerprint density at radius 2 is 0.922 bits per heavy atom. The fourth-order valence-electron chi connectivity index (χ4n) is 12.5. The Hall–Kier alpha value is -7.39. The van der Waals surface area contributed by atoms with Crippen LogP contribution in [-0.4, -0.2) is 210 Å². The van der Waals surface area contributed by atoms with Gasteiger partial charge in [0.2, 0.25) is 53.2 Å². The average Bonchev–Trinajstić information content (AvgIpc) is 2.31. The molecular weight excluding hydrogens is 1160 g/mol. The number of aliphatic hydroxyl groups is 1. The maximum Gasteiger partial charge on any atom is 0.247 e. The smallest absolute Gasteiger partial charge is 0.247 e. The van der Waals surface area contributed by atoms with E-state index in [1.807, 2.05) is 74.5 Å². The zero-order valence-corrected chi connectivity index (χ0v) is 52.3. The van der Waals surface area contributed by atoms with Gasteiger partial charge in [0.1, 0.15) is 43.4 Å². The van der Waals surface area contributed by atoms with E-state index in [0.717, 1.165) is 11.1 Å². The van der Waals surface area contributed by atoms with Gasteiger partial charge in [-0.15, -0.1) is 0 Å². The Labute approximate surface area is 527 Å². The van der Waals surface area contributed by atoms with Gasteiger partial charge in [-0.2, -0.15) is 0 Å². The van der Waals surface area contributed by atoms with Gasteiger partial charge in [-0.25, -0.2) is 0 Å². The van der Waals surface area contributed by atoms with Crippen LogP contribution in [0.2, 0.25) is 0 Å². The van der Waals surface area contributed by atoms with Crippen molar-refractivity contribution in [1.82, 2.24) is 57.7 Å². The van der Waals surface area contributed by atoms with Crippen molar-refractivity contribution in [3.8, 4) is 0 Å². The molecule has 9 amide bonds. The van der Waals surface area contributed by atoms with Crippen LogP contribution in [0.4, 0.5) is 0 Å². The molecule has 4 fully saturated rings. The summed E-state index contributed by atoms with van der Waals surface area (Å²) < 4.78 is 22.2. The molecule has 25 nitrogen and oxygen atoms in total. The number of fused-ring (bicyclic) bond motifs is 2. The molecule has 4 aliphatic rings. The lowest BCUT2D eigenvalue weighted by molar-refractivity contribution is -0.144. The van der Waals surface area contributed by atoms with Crippen LogP contribution in [0.5, 0.6) is 0 Å². The second kappa shape index (κ2) is 36.5. The summed E-state index contributed by atoms with van der Waals surface area (Å²) in [5.41, 5.74) is 2.34. The molecule has 0 spiro atoms. The Kier molecular flexibility index (Phi) is 28.4. The van der Waals surface area contributed by atoms with E-state index in [1.54, 1.807) is 54.2 Å². The molecular formula is C65H93N11O14. The molecule has 1 unspecified atom stereocenters. The lowest BCUT2D eigenvalue weighted by atomic mass is 9.92. The standard InChI is InChI=1S/C65H93N11O14/c1-5-49(66-3)59(80)73-57-45(22-24-47-26-28-51(75(47)64(57)85)61(82)71-55(42-16-10-7-11-17-42)43-18-12-8-13-19-43)38-70-54(79)41-90-40-53(78)68-30-32-87-34-36-89-37-35-88-33-31-69-63(84)56(44-20-14-9-15-21-44)72-62(83)52-29-27-48-25-23-46(39-77)58(65(86)76(48)52)74-60(81)50(6-2)67-4/h7-21,45-52,55-58,66-67,77H,5-6,22-41H2,1-4H3,(H,68,78)(H,69,84)(H,70,79)(H,71,82)(H,72,83)(H,73,80)(H,74,81)/t45-,46-,47+,48+,49+,50+,51?,52+,56+,57+,58+/m1/s1. The van der Waals surface area contributed by atoms with Crippen LogP contribution in [0, 0.1) is 11.8 Å². The van der Waals surface area contributed by atoms with Crippen LogP contribution >= 0.6 is 0 Å². The number of nitrogens with one attached hydrogen (secondary N) is 9. The SMILES string of the molecule is CC[C@H](NC)C(=O)N[C@@H]1C(=O)N2C(C(=O)NC(c3ccccc3)c3ccccc3)CC[C@@H]2CC[C@@H]1CNC(=O)COCC(=O)NCCOCCOCCOCCNC(=O)[C@@H](NC(=O)[C@@H]1CC[C@@H]2CC[C@H](CO)[C@H](NC(=O)[C@H](CC)NC)C(=O)N21)c1ccccc1. The van der Waals surface area contributed by atoms with Gasteiger partial charge < -0.3 is 81.7 Å². The molecule has 10 N–H and O–H groups in total. The second-order valence-corrected chi connectivity index (χ2v) is 23.2. The van der Waals surface area contributed by atoms with E-state index in [2.05, 4.69) is 47.9 Å². The molecule has 11 atom stereocenters. The predicted molar refractivity (Wildman–Crippen MR) is 332 cm³/mol. The zero-order chi connectivity index (χ0) is 64.4. The minimum Gasteiger partial charge on any atom is -0.396 e. The van der Waals surface area contributed by atoms with E-state index in [0.29, 0.717) is 69.8 Å². The first-order valence-corrected chi connectivity index (χ1v) is 31.8. The number of carbonyl (C=O) groups is 9. The van der Waals surface area contributed by atoms with Crippen molar-refractivity contribution in [1.29, 1.82) is 0 Å². The Morgan fingerprint density at radius 3 is 1.40 bits per heavy atom. The first-order chi connectivity index (χ1) is 43.7. The third-order valence-corrected chi connectivity index (χ3v) is 17.4. The molecule has 0 bridgehead atoms. The van der Waals surface area contributed by atoms with E-state index in [1.165, 1.54) is 0 Å². The monoisotopic (exact) mass is 1250 g/mol. The minimum atomic E-state index is -1.07. The number of nitrogens with zero attached hydrogens (tertiary/aromatic N) is 2. The van der Waals surface area contributed by atoms with E-state index in [9.17, 15) is 48.3 Å². The summed E-state index contributed by atoms with van der Waals surface area (Å²) >= 11 is 0. The third-order valence-electron chi connectivity index (χ3n) is 17.4. The van der Waals surface area contributed by atoms with Crippen molar-refractivity contribution in [2.45, 2.75) is 138 Å². The van der Waals surface area contributed by atoms with Gasteiger partial charge in [0, 0.05) is 50.2 Å². The molecule has 4 aliphatic heterocycles. The number of ether oxygens (including phenoxy) is 4. The zero-order valence-electron chi connectivity index (χ0n) is 52.3. The fourth-order valence-corrected chi connectivity index (χ4v) is 12.5. The van der Waals surface area contributed by atoms with E-state index >= 15 is 0 Å². The molecule has 3 aromatic rings. The molecule has 25 heteroatoms. The average molecular weight is 1250 g/mol. The number of benzene rings is 3. The number of rotatable bonds is 35. The molecule has 492 valence electrons. The van der Waals surface area contributed by atoms with Crippen molar-refractivity contribution in [3.05, 3.63) is 108 Å². The molecule has 7 rings (SSSR count). The molecule has 3 aromatic carbocycles. The number of hydrogen-bond acceptors (Lipinski definition) is 16. The highest BCUT2D eigenvalue weighted by molar-refractivity contribution is 5.97. The lowest BCUT2D eigenvalue weighted by Crippen LogP contribution is -2.59. The third kappa shape index (κ3) is 19.6. The Balaban J connectivity index is 0.761. The second-order valence-electron chi connectivity index (χ2n) is 23.2. The number of likely N-dealkylation sites (N-methyl/N-ethyl adjacent to an activating group) is 2. The van der Waals surface area contributed by atoms with Gasteiger partial charge in [0.05, 0.1) is 57.8 Å². The minimum absolute atomic E-state index is 0.0444. The van der Waals surface area contributed by atoms with Crippen LogP contribution in [-0.2, 0) is 62.1 Å². The van der Waals surface area contributed by atoms with E-state index in [-0.39, 0.29) is 108 Å². The van der Waals surface area contributed by atoms with Gasteiger partial charge in [0.25, 0.3) is 0 Å². The lowest BCUT2D eigenvalue weighted by Gasteiger charge is -2.33. The molecule has 0 saturated carbocycles. The quantitative estimate of drug-likeness (QED) is 0.0362. The van der Waals surface area contributed by atoms with Gasteiger partial charge in [-0.1, -0.05) is 105 Å². The summed E-state index contributed by atoms with van der Waals surface area (Å²) in [4.78, 5) is 126. The highest BCUT2D eigenvalue weighted by atomic mass is 16.5. The first-order valence-electron chi connectivity index (χ1n) is 31.8. The summed E-state index contributed by atoms with van der Waals surface area (Å²) in [5.74, 6) is -4.74. The molecule has 4 heterocycles. The molecule has 0 aromatic heterocycles. The summed E-state index contributed by atoms with van der Waals surface area (Å²) in [5, 5.41) is 36.4. The maximum absolute atomic E-state index is 14.7. The van der Waals surface area contributed by atoms with E-state index < -0.39 is 96.3 Å². The van der Waals surface area contributed by atoms with Crippen LogP contribution in [0.3, 0.4) is 0 Å². The van der Waals surface area contributed by atoms with Crippen molar-refractivity contribution in [2.75, 3.05) is 93.2 Å². The fraction of sp³-hybridized carbons (Fsp3) is 0.585. The van der Waals surface area contributed by atoms with Crippen LogP contribution in [0.15, 0.2) is 91.0 Å². The van der Waals surface area contributed by atoms with Crippen molar-refractivity contribution < 1.29 is 67.2 Å². The normalized spacial score (nSPS) is 22.4. The van der Waals surface area contributed by atoms with Gasteiger partial charge in [-0.3, -0.25) is 43.2 Å². The topological polar surface area (TPSA) is 326 Å². The van der Waals surface area contributed by atoms with Gasteiger partial charge in [0.15, 0.2) is 0 Å². The Morgan fingerprint density at radius 1 is 0.500 bits per heavy atom. The first kappa shape index (κ1) is 70.1. The summed E-state index contributed by atoms with van der Waals surface area (Å²) in [6.45, 7) is 4.26. The molecule has 0 aliphatic carbocycles. The number of hydrogen-bond donors (Lipinski definition) is 10. The molecule has 90 heavy (non-hydrogen) atoms. The van der Waals surface area contributed by atoms with Crippen LogP contribution < -0.4 is 47.9 Å². The number of amides is 9. The van der Waals surface area contributed by atoms with Gasteiger partial charge in [-0.05, 0) is 95.0 Å². The van der Waals surface area contributed by atoms with E-state index in [4.69, 9.17) is 18.9 Å². The number of aliphatic hydroxyl groups excluding tert-OH is 1. The van der Waals surface area contributed by atoms with Crippen molar-refractivity contribution >= 4 is 53.2 Å². The molecule has 0 radical (unpaired) electrons. The molecule has 4 saturated heterocycles. The summed E-state index contributed by atoms with van der Waals surface area (Å²) in [6, 6.07) is 21.3. The van der Waals surface area contributed by atoms with Crippen LogP contribution in [0.25, 0.3) is 0 Å². The number of carbonyl (C=O) groups excluding carboxylic acids is 9. The Bertz CT molecular complexity index is 2760. The maximum atomic E-state index is 14.7. The highest BCUT2D eigenvalue weighted by Gasteiger charge is 2.50. The predicted octanol–water partition coefficient (Wildman–Crippen LogP) is 0.662. The van der Waals surface area contributed by atoms with Crippen molar-refractivity contribution in [2.24, 2.45) is 11.8 Å². The highest BCUT2D eigenvalue weighted by Crippen LogP contribution is 2.36.